The smallest absolute Gasteiger partial charge is 0.155 e. The molecule has 0 aromatic heterocycles. The molecule has 0 amide bonds. The lowest BCUT2D eigenvalue weighted by molar-refractivity contribution is -0.113. The lowest BCUT2D eigenvalue weighted by Gasteiger charge is -2.03. The molecule has 0 aromatic carbocycles. The van der Waals surface area contributed by atoms with E-state index < -0.39 is 0 Å². The number of ketones is 1. The van der Waals surface area contributed by atoms with Gasteiger partial charge in [0.2, 0.25) is 0 Å². The summed E-state index contributed by atoms with van der Waals surface area (Å²) >= 11 is 0. The third-order valence-electron chi connectivity index (χ3n) is 1.81. The fraction of sp³-hybridized carbons (Fsp3) is 0.700. The fourth-order valence-electron chi connectivity index (χ4n) is 1.13. The summed E-state index contributed by atoms with van der Waals surface area (Å²) in [6.45, 7) is 7.81. The zero-order valence-corrected chi connectivity index (χ0v) is 8.03. The Bertz CT molecular complexity index is 162. The molecule has 0 unspecified atom stereocenters. The summed E-state index contributed by atoms with van der Waals surface area (Å²) in [4.78, 5) is 11.0. The number of hydrogen-bond acceptors (Lipinski definition) is 1. The molecule has 1 nitrogen and oxygen atoms in total. The standard InChI is InChI=1S/C10H18O/c1-5-6-7-10(8(2)3)9(4)11/h5-7H2,1-4H3. The molecule has 0 aromatic rings. The van der Waals surface area contributed by atoms with Crippen LogP contribution in [0.4, 0.5) is 0 Å². The van der Waals surface area contributed by atoms with Crippen LogP contribution >= 0.6 is 0 Å². The van der Waals surface area contributed by atoms with Crippen molar-refractivity contribution in [3.05, 3.63) is 11.1 Å². The quantitative estimate of drug-likeness (QED) is 0.569. The van der Waals surface area contributed by atoms with Gasteiger partial charge in [0.05, 0.1) is 0 Å². The van der Waals surface area contributed by atoms with E-state index in [2.05, 4.69) is 6.92 Å². The van der Waals surface area contributed by atoms with Crippen LogP contribution in [0.15, 0.2) is 11.1 Å². The van der Waals surface area contributed by atoms with Gasteiger partial charge < -0.3 is 0 Å². The monoisotopic (exact) mass is 154 g/mol. The Labute approximate surface area is 69.5 Å². The Hall–Kier alpha value is -0.590. The molecule has 64 valence electrons. The molecule has 11 heavy (non-hydrogen) atoms. The van der Waals surface area contributed by atoms with Crippen molar-refractivity contribution < 1.29 is 4.79 Å². The molecule has 0 aliphatic rings. The predicted molar refractivity (Wildman–Crippen MR) is 48.6 cm³/mol. The van der Waals surface area contributed by atoms with Crippen molar-refractivity contribution in [1.29, 1.82) is 0 Å². The van der Waals surface area contributed by atoms with Gasteiger partial charge in [0.15, 0.2) is 5.78 Å². The van der Waals surface area contributed by atoms with E-state index >= 15 is 0 Å². The number of allylic oxidation sites excluding steroid dienone is 2. The lowest BCUT2D eigenvalue weighted by Crippen LogP contribution is -1.98. The SMILES string of the molecule is CCCCC(C(C)=O)=C(C)C. The normalized spacial score (nSPS) is 9.45. The second-order valence-electron chi connectivity index (χ2n) is 3.14. The Kier molecular flexibility index (Phi) is 4.84. The first-order valence-electron chi connectivity index (χ1n) is 4.26. The summed E-state index contributed by atoms with van der Waals surface area (Å²) in [5, 5.41) is 0. The van der Waals surface area contributed by atoms with Crippen LogP contribution in [-0.2, 0) is 4.79 Å². The third kappa shape index (κ3) is 3.97. The Morgan fingerprint density at radius 3 is 2.00 bits per heavy atom. The van der Waals surface area contributed by atoms with Crippen molar-refractivity contribution in [2.75, 3.05) is 0 Å². The molecule has 0 bridgehead atoms. The zero-order valence-electron chi connectivity index (χ0n) is 8.03. The number of rotatable bonds is 4. The van der Waals surface area contributed by atoms with Crippen LogP contribution in [0.25, 0.3) is 0 Å². The highest BCUT2D eigenvalue weighted by atomic mass is 16.1. The number of hydrogen-bond donors (Lipinski definition) is 0. The average molecular weight is 154 g/mol. The molecule has 0 saturated carbocycles. The van der Waals surface area contributed by atoms with Crippen molar-refractivity contribution in [1.82, 2.24) is 0 Å². The summed E-state index contributed by atoms with van der Waals surface area (Å²) in [7, 11) is 0. The Morgan fingerprint density at radius 2 is 1.73 bits per heavy atom. The van der Waals surface area contributed by atoms with Crippen molar-refractivity contribution >= 4 is 5.78 Å². The van der Waals surface area contributed by atoms with Gasteiger partial charge in [-0.05, 0) is 39.2 Å². The van der Waals surface area contributed by atoms with E-state index in [-0.39, 0.29) is 5.78 Å². The third-order valence-corrected chi connectivity index (χ3v) is 1.81. The van der Waals surface area contributed by atoms with Gasteiger partial charge in [-0.1, -0.05) is 18.9 Å². The van der Waals surface area contributed by atoms with Gasteiger partial charge in [0.1, 0.15) is 0 Å². The Morgan fingerprint density at radius 1 is 1.18 bits per heavy atom. The van der Waals surface area contributed by atoms with E-state index in [0.29, 0.717) is 0 Å². The van der Waals surface area contributed by atoms with Crippen LogP contribution in [-0.4, -0.2) is 5.78 Å². The summed E-state index contributed by atoms with van der Waals surface area (Å²) in [6, 6.07) is 0. The molecule has 0 saturated heterocycles. The molecule has 0 radical (unpaired) electrons. The van der Waals surface area contributed by atoms with Crippen LogP contribution in [0.1, 0.15) is 47.0 Å². The molecule has 0 spiro atoms. The number of unbranched alkanes of at least 4 members (excludes halogenated alkanes) is 1. The van der Waals surface area contributed by atoms with Crippen LogP contribution in [0.3, 0.4) is 0 Å². The number of carbonyl (C=O) groups excluding carboxylic acids is 1. The van der Waals surface area contributed by atoms with Crippen molar-refractivity contribution in [2.24, 2.45) is 0 Å². The summed E-state index contributed by atoms with van der Waals surface area (Å²) in [6.07, 6.45) is 3.23. The molecule has 0 rings (SSSR count). The maximum atomic E-state index is 11.0. The van der Waals surface area contributed by atoms with Crippen LogP contribution in [0.2, 0.25) is 0 Å². The topological polar surface area (TPSA) is 17.1 Å². The first kappa shape index (κ1) is 10.4. The van der Waals surface area contributed by atoms with E-state index in [0.717, 1.165) is 24.8 Å². The molecule has 0 heterocycles. The molecule has 1 heteroatoms. The van der Waals surface area contributed by atoms with Crippen LogP contribution in [0.5, 0.6) is 0 Å². The number of Topliss-reactive ketones (excluding diaryl/α,β-unsaturated/α-hetero) is 1. The average Bonchev–Trinajstić information content (AvgIpc) is 1.87. The zero-order chi connectivity index (χ0) is 8.85. The molecular weight excluding hydrogens is 136 g/mol. The van der Waals surface area contributed by atoms with E-state index in [1.165, 1.54) is 5.57 Å². The minimum Gasteiger partial charge on any atom is -0.295 e. The molecule has 0 N–H and O–H groups in total. The maximum Gasteiger partial charge on any atom is 0.155 e. The molecule has 0 aliphatic carbocycles. The second-order valence-corrected chi connectivity index (χ2v) is 3.14. The van der Waals surface area contributed by atoms with E-state index in [1.807, 2.05) is 13.8 Å². The summed E-state index contributed by atoms with van der Waals surface area (Å²) in [5.41, 5.74) is 2.19. The molecule has 0 aliphatic heterocycles. The highest BCUT2D eigenvalue weighted by Gasteiger charge is 2.03. The number of carbonyl (C=O) groups is 1. The first-order chi connectivity index (χ1) is 5.09. The fourth-order valence-corrected chi connectivity index (χ4v) is 1.13. The minimum absolute atomic E-state index is 0.235. The Balaban J connectivity index is 4.14. The molecular formula is C10H18O. The highest BCUT2D eigenvalue weighted by molar-refractivity contribution is 5.93. The second kappa shape index (κ2) is 5.11. The summed E-state index contributed by atoms with van der Waals surface area (Å²) in [5.74, 6) is 0.235. The maximum absolute atomic E-state index is 11.0. The van der Waals surface area contributed by atoms with Gasteiger partial charge in [-0.25, -0.2) is 0 Å². The highest BCUT2D eigenvalue weighted by Crippen LogP contribution is 2.12. The van der Waals surface area contributed by atoms with Gasteiger partial charge in [0.25, 0.3) is 0 Å². The lowest BCUT2D eigenvalue weighted by atomic mass is 10.0. The van der Waals surface area contributed by atoms with Crippen LogP contribution < -0.4 is 0 Å². The van der Waals surface area contributed by atoms with Gasteiger partial charge in [0, 0.05) is 0 Å². The molecule has 0 atom stereocenters. The van der Waals surface area contributed by atoms with Crippen LogP contribution in [0, 0.1) is 0 Å². The predicted octanol–water partition coefficient (Wildman–Crippen LogP) is 3.10. The van der Waals surface area contributed by atoms with Crippen molar-refractivity contribution in [3.63, 3.8) is 0 Å². The van der Waals surface area contributed by atoms with Gasteiger partial charge >= 0.3 is 0 Å². The van der Waals surface area contributed by atoms with E-state index in [4.69, 9.17) is 0 Å². The molecule has 0 fully saturated rings. The first-order valence-corrected chi connectivity index (χ1v) is 4.26. The van der Waals surface area contributed by atoms with Crippen molar-refractivity contribution in [2.45, 2.75) is 47.0 Å². The van der Waals surface area contributed by atoms with Gasteiger partial charge in [-0.3, -0.25) is 4.79 Å². The van der Waals surface area contributed by atoms with Crippen molar-refractivity contribution in [3.8, 4) is 0 Å². The van der Waals surface area contributed by atoms with E-state index in [9.17, 15) is 4.79 Å². The minimum atomic E-state index is 0.235. The summed E-state index contributed by atoms with van der Waals surface area (Å²) < 4.78 is 0. The van der Waals surface area contributed by atoms with Gasteiger partial charge in [-0.2, -0.15) is 0 Å². The van der Waals surface area contributed by atoms with E-state index in [1.54, 1.807) is 6.92 Å². The largest absolute Gasteiger partial charge is 0.295 e. The van der Waals surface area contributed by atoms with Gasteiger partial charge in [-0.15, -0.1) is 0 Å².